The first-order valence-corrected chi connectivity index (χ1v) is 10.1. The molecule has 2 aromatic rings. The first-order valence-electron chi connectivity index (χ1n) is 7.90. The summed E-state index contributed by atoms with van der Waals surface area (Å²) in [7, 11) is -4.21. The molecule has 0 bridgehead atoms. The number of sulfonamides is 1. The topological polar surface area (TPSA) is 57.7 Å². The lowest BCUT2D eigenvalue weighted by molar-refractivity contribution is 0.0698. The molecule has 144 valence electrons. The second-order valence-electron chi connectivity index (χ2n) is 5.87. The van der Waals surface area contributed by atoms with Crippen molar-refractivity contribution in [1.29, 1.82) is 0 Å². The van der Waals surface area contributed by atoms with Gasteiger partial charge in [0.15, 0.2) is 0 Å². The largest absolute Gasteiger partial charge is 0.336 e. The molecular formula is C17H14Cl2F2N2O3S. The molecule has 1 amide bonds. The average Bonchev–Trinajstić information content (AvgIpc) is 2.65. The molecule has 2 aromatic carbocycles. The molecule has 1 saturated heterocycles. The fourth-order valence-electron chi connectivity index (χ4n) is 2.78. The van der Waals surface area contributed by atoms with Gasteiger partial charge in [-0.2, -0.15) is 4.31 Å². The van der Waals surface area contributed by atoms with E-state index in [-0.39, 0.29) is 47.7 Å². The van der Waals surface area contributed by atoms with E-state index in [1.54, 1.807) is 12.1 Å². The van der Waals surface area contributed by atoms with Crippen molar-refractivity contribution in [2.45, 2.75) is 4.90 Å². The molecule has 3 rings (SSSR count). The van der Waals surface area contributed by atoms with Crippen LogP contribution < -0.4 is 0 Å². The third kappa shape index (κ3) is 3.94. The van der Waals surface area contributed by atoms with E-state index in [4.69, 9.17) is 23.2 Å². The highest BCUT2D eigenvalue weighted by atomic mass is 35.5. The highest BCUT2D eigenvalue weighted by molar-refractivity contribution is 7.89. The summed E-state index contributed by atoms with van der Waals surface area (Å²) in [5.41, 5.74) is 0.219. The lowest BCUT2D eigenvalue weighted by Gasteiger charge is -2.34. The van der Waals surface area contributed by atoms with Gasteiger partial charge in [0.1, 0.15) is 16.5 Å². The van der Waals surface area contributed by atoms with E-state index in [9.17, 15) is 22.0 Å². The smallest absolute Gasteiger partial charge is 0.255 e. The van der Waals surface area contributed by atoms with Gasteiger partial charge in [-0.1, -0.05) is 29.3 Å². The van der Waals surface area contributed by atoms with Gasteiger partial charge in [0.25, 0.3) is 5.91 Å². The monoisotopic (exact) mass is 434 g/mol. The van der Waals surface area contributed by atoms with Crippen LogP contribution in [0.2, 0.25) is 10.0 Å². The van der Waals surface area contributed by atoms with E-state index < -0.39 is 26.6 Å². The summed E-state index contributed by atoms with van der Waals surface area (Å²) in [6.45, 7) is 0.0557. The van der Waals surface area contributed by atoms with Crippen LogP contribution in [-0.4, -0.2) is 49.7 Å². The molecule has 27 heavy (non-hydrogen) atoms. The fourth-order valence-corrected chi connectivity index (χ4v) is 4.66. The van der Waals surface area contributed by atoms with Crippen LogP contribution in [0.15, 0.2) is 41.3 Å². The molecular weight excluding hydrogens is 421 g/mol. The first kappa shape index (κ1) is 20.0. The Morgan fingerprint density at radius 2 is 1.67 bits per heavy atom. The summed E-state index contributed by atoms with van der Waals surface area (Å²) >= 11 is 12.0. The quantitative estimate of drug-likeness (QED) is 0.743. The Morgan fingerprint density at radius 1 is 1.00 bits per heavy atom. The highest BCUT2D eigenvalue weighted by Gasteiger charge is 2.33. The van der Waals surface area contributed by atoms with E-state index in [0.717, 1.165) is 16.4 Å². The highest BCUT2D eigenvalue weighted by Crippen LogP contribution is 2.27. The molecule has 0 N–H and O–H groups in total. The van der Waals surface area contributed by atoms with Crippen molar-refractivity contribution in [3.63, 3.8) is 0 Å². The lowest BCUT2D eigenvalue weighted by atomic mass is 10.2. The normalized spacial score (nSPS) is 15.8. The Labute approximate surface area is 165 Å². The Hall–Kier alpha value is -1.74. The van der Waals surface area contributed by atoms with Crippen molar-refractivity contribution < 1.29 is 22.0 Å². The summed E-state index contributed by atoms with van der Waals surface area (Å²) in [5.74, 6) is -2.25. The fraction of sp³-hybridized carbons (Fsp3) is 0.235. The second kappa shape index (κ2) is 7.71. The molecule has 0 unspecified atom stereocenters. The molecule has 1 heterocycles. The number of hydrogen-bond acceptors (Lipinski definition) is 3. The maximum Gasteiger partial charge on any atom is 0.255 e. The van der Waals surface area contributed by atoms with Gasteiger partial charge in [-0.25, -0.2) is 17.2 Å². The van der Waals surface area contributed by atoms with Gasteiger partial charge < -0.3 is 4.90 Å². The van der Waals surface area contributed by atoms with Gasteiger partial charge in [-0.05, 0) is 30.3 Å². The summed E-state index contributed by atoms with van der Waals surface area (Å²) in [5, 5.41) is 0.367. The molecule has 5 nitrogen and oxygen atoms in total. The van der Waals surface area contributed by atoms with Crippen LogP contribution in [0.25, 0.3) is 0 Å². The minimum absolute atomic E-state index is 0.0534. The number of rotatable bonds is 3. The van der Waals surface area contributed by atoms with Crippen molar-refractivity contribution in [3.05, 3.63) is 63.6 Å². The van der Waals surface area contributed by atoms with Crippen LogP contribution in [0.4, 0.5) is 8.78 Å². The van der Waals surface area contributed by atoms with Gasteiger partial charge in [0, 0.05) is 26.2 Å². The van der Waals surface area contributed by atoms with Crippen molar-refractivity contribution in [1.82, 2.24) is 9.21 Å². The Morgan fingerprint density at radius 3 is 2.33 bits per heavy atom. The first-order chi connectivity index (χ1) is 12.7. The molecule has 10 heteroatoms. The molecule has 0 aliphatic carbocycles. The van der Waals surface area contributed by atoms with Crippen molar-refractivity contribution in [3.8, 4) is 0 Å². The van der Waals surface area contributed by atoms with Crippen LogP contribution in [-0.2, 0) is 10.0 Å². The molecule has 0 aromatic heterocycles. The zero-order valence-corrected chi connectivity index (χ0v) is 16.2. The summed E-state index contributed by atoms with van der Waals surface area (Å²) in [6.07, 6.45) is 0. The predicted octanol–water partition coefficient (Wildman–Crippen LogP) is 3.42. The van der Waals surface area contributed by atoms with Crippen LogP contribution in [0.1, 0.15) is 10.4 Å². The average molecular weight is 435 g/mol. The number of carbonyl (C=O) groups excluding carboxylic acids is 1. The SMILES string of the molecule is O=C(c1cccc(Cl)c1Cl)N1CCN(S(=O)(=O)c2cc(F)ccc2F)CC1. The number of benzene rings is 2. The van der Waals surface area contributed by atoms with Crippen LogP contribution >= 0.6 is 23.2 Å². The third-order valence-electron chi connectivity index (χ3n) is 4.22. The predicted molar refractivity (Wildman–Crippen MR) is 97.5 cm³/mol. The molecule has 1 aliphatic rings. The van der Waals surface area contributed by atoms with E-state index in [1.807, 2.05) is 0 Å². The lowest BCUT2D eigenvalue weighted by Crippen LogP contribution is -2.50. The van der Waals surface area contributed by atoms with Crippen LogP contribution in [0.3, 0.4) is 0 Å². The minimum Gasteiger partial charge on any atom is -0.336 e. The van der Waals surface area contributed by atoms with Gasteiger partial charge in [-0.15, -0.1) is 0 Å². The summed E-state index contributed by atoms with van der Waals surface area (Å²) in [4.78, 5) is 13.3. The maximum atomic E-state index is 13.9. The standard InChI is InChI=1S/C17H14Cl2F2N2O3S/c18-13-3-1-2-12(16(13)19)17(24)22-6-8-23(9-7-22)27(25,26)15-10-11(20)4-5-14(15)21/h1-5,10H,6-9H2. The Kier molecular flexibility index (Phi) is 5.71. The number of carbonyl (C=O) groups is 1. The summed E-state index contributed by atoms with van der Waals surface area (Å²) in [6, 6.07) is 6.94. The molecule has 1 fully saturated rings. The van der Waals surface area contributed by atoms with E-state index in [1.165, 1.54) is 11.0 Å². The van der Waals surface area contributed by atoms with Gasteiger partial charge in [0.05, 0.1) is 15.6 Å². The van der Waals surface area contributed by atoms with Gasteiger partial charge >= 0.3 is 0 Å². The van der Waals surface area contributed by atoms with Crippen molar-refractivity contribution >= 4 is 39.1 Å². The molecule has 0 atom stereocenters. The van der Waals surface area contributed by atoms with E-state index >= 15 is 0 Å². The number of hydrogen-bond donors (Lipinski definition) is 0. The molecule has 0 saturated carbocycles. The Balaban J connectivity index is 1.76. The number of halogens is 4. The minimum atomic E-state index is -4.21. The van der Waals surface area contributed by atoms with Gasteiger partial charge in [0.2, 0.25) is 10.0 Å². The Bertz CT molecular complexity index is 994. The van der Waals surface area contributed by atoms with Gasteiger partial charge in [-0.3, -0.25) is 4.79 Å². The third-order valence-corrected chi connectivity index (χ3v) is 6.95. The summed E-state index contributed by atoms with van der Waals surface area (Å²) < 4.78 is 53.4. The van der Waals surface area contributed by atoms with Crippen LogP contribution in [0, 0.1) is 11.6 Å². The maximum absolute atomic E-state index is 13.9. The van der Waals surface area contributed by atoms with Crippen LogP contribution in [0.5, 0.6) is 0 Å². The number of piperazine rings is 1. The second-order valence-corrected chi connectivity index (χ2v) is 8.56. The molecule has 0 spiro atoms. The number of amides is 1. The zero-order valence-electron chi connectivity index (χ0n) is 13.8. The van der Waals surface area contributed by atoms with Crippen molar-refractivity contribution in [2.24, 2.45) is 0 Å². The zero-order chi connectivity index (χ0) is 19.8. The molecule has 0 radical (unpaired) electrons. The van der Waals surface area contributed by atoms with Crippen molar-refractivity contribution in [2.75, 3.05) is 26.2 Å². The number of nitrogens with zero attached hydrogens (tertiary/aromatic N) is 2. The van der Waals surface area contributed by atoms with E-state index in [2.05, 4.69) is 0 Å². The van der Waals surface area contributed by atoms with E-state index in [0.29, 0.717) is 6.07 Å². The molecule has 1 aliphatic heterocycles.